The Kier molecular flexibility index (Phi) is 5.06. The van der Waals surface area contributed by atoms with Crippen LogP contribution in [0, 0.1) is 5.92 Å². The summed E-state index contributed by atoms with van der Waals surface area (Å²) in [4.78, 5) is 2.58. The molecule has 2 saturated heterocycles. The molecule has 3 rings (SSSR count). The lowest BCUT2D eigenvalue weighted by Crippen LogP contribution is -2.46. The van der Waals surface area contributed by atoms with E-state index in [1.165, 1.54) is 37.9 Å². The van der Waals surface area contributed by atoms with E-state index >= 15 is 0 Å². The van der Waals surface area contributed by atoms with E-state index in [-0.39, 0.29) is 0 Å². The Morgan fingerprint density at radius 3 is 2.90 bits per heavy atom. The van der Waals surface area contributed by atoms with Crippen molar-refractivity contribution in [3.05, 3.63) is 35.9 Å². The first-order chi connectivity index (χ1) is 9.90. The van der Waals surface area contributed by atoms with E-state index in [9.17, 15) is 0 Å². The molecule has 2 fully saturated rings. The van der Waals surface area contributed by atoms with Crippen molar-refractivity contribution in [2.75, 3.05) is 32.8 Å². The zero-order valence-electron chi connectivity index (χ0n) is 12.3. The molecule has 3 heteroatoms. The molecule has 2 atom stereocenters. The van der Waals surface area contributed by atoms with E-state index in [0.29, 0.717) is 6.04 Å². The molecule has 0 bridgehead atoms. The molecular formula is C17H26N2O. The summed E-state index contributed by atoms with van der Waals surface area (Å²) >= 11 is 0. The predicted octanol–water partition coefficient (Wildman–Crippen LogP) is 2.28. The lowest BCUT2D eigenvalue weighted by atomic mass is 10.0. The number of benzene rings is 1. The molecule has 2 heterocycles. The van der Waals surface area contributed by atoms with Gasteiger partial charge in [-0.1, -0.05) is 30.3 Å². The van der Waals surface area contributed by atoms with Gasteiger partial charge < -0.3 is 10.1 Å². The van der Waals surface area contributed by atoms with Crippen molar-refractivity contribution in [1.82, 2.24) is 10.2 Å². The van der Waals surface area contributed by atoms with Crippen LogP contribution in [0.15, 0.2) is 30.3 Å². The van der Waals surface area contributed by atoms with Crippen molar-refractivity contribution in [3.63, 3.8) is 0 Å². The molecule has 2 unspecified atom stereocenters. The highest BCUT2D eigenvalue weighted by molar-refractivity contribution is 5.14. The van der Waals surface area contributed by atoms with E-state index in [2.05, 4.69) is 40.5 Å². The number of rotatable bonds is 5. The fraction of sp³-hybridized carbons (Fsp3) is 0.647. The molecule has 110 valence electrons. The minimum absolute atomic E-state index is 0.660. The van der Waals surface area contributed by atoms with E-state index < -0.39 is 0 Å². The Morgan fingerprint density at radius 2 is 2.10 bits per heavy atom. The van der Waals surface area contributed by atoms with Crippen LogP contribution in [0.2, 0.25) is 0 Å². The molecule has 0 amide bonds. The van der Waals surface area contributed by atoms with Crippen LogP contribution in [0.5, 0.6) is 0 Å². The van der Waals surface area contributed by atoms with Crippen LogP contribution < -0.4 is 5.32 Å². The summed E-state index contributed by atoms with van der Waals surface area (Å²) in [7, 11) is 0. The SMILES string of the molecule is c1ccc(CN2CCCC(NCC3CCOC3)C2)cc1. The van der Waals surface area contributed by atoms with E-state index in [4.69, 9.17) is 4.74 Å². The first-order valence-electron chi connectivity index (χ1n) is 7.97. The van der Waals surface area contributed by atoms with Crippen LogP contribution >= 0.6 is 0 Å². The number of hydrogen-bond donors (Lipinski definition) is 1. The van der Waals surface area contributed by atoms with Gasteiger partial charge in [-0.25, -0.2) is 0 Å². The van der Waals surface area contributed by atoms with Crippen LogP contribution in [0.1, 0.15) is 24.8 Å². The molecule has 1 aromatic rings. The van der Waals surface area contributed by atoms with Gasteiger partial charge in [-0.15, -0.1) is 0 Å². The van der Waals surface area contributed by atoms with Gasteiger partial charge in [0.05, 0.1) is 6.61 Å². The van der Waals surface area contributed by atoms with Crippen LogP contribution in [0.25, 0.3) is 0 Å². The molecule has 1 N–H and O–H groups in total. The number of nitrogens with one attached hydrogen (secondary N) is 1. The Hall–Kier alpha value is -0.900. The molecule has 0 radical (unpaired) electrons. The minimum Gasteiger partial charge on any atom is -0.381 e. The zero-order valence-corrected chi connectivity index (χ0v) is 12.3. The lowest BCUT2D eigenvalue weighted by Gasteiger charge is -2.33. The van der Waals surface area contributed by atoms with Gasteiger partial charge in [0, 0.05) is 32.3 Å². The number of likely N-dealkylation sites (tertiary alicyclic amines) is 1. The second-order valence-electron chi connectivity index (χ2n) is 6.20. The third-order valence-corrected chi connectivity index (χ3v) is 4.47. The van der Waals surface area contributed by atoms with Crippen molar-refractivity contribution in [2.45, 2.75) is 31.8 Å². The van der Waals surface area contributed by atoms with Gasteiger partial charge in [-0.3, -0.25) is 4.90 Å². The smallest absolute Gasteiger partial charge is 0.0507 e. The molecule has 0 aliphatic carbocycles. The average Bonchev–Trinajstić information content (AvgIpc) is 3.00. The Morgan fingerprint density at radius 1 is 1.20 bits per heavy atom. The third-order valence-electron chi connectivity index (χ3n) is 4.47. The number of nitrogens with zero attached hydrogens (tertiary/aromatic N) is 1. The minimum atomic E-state index is 0.660. The van der Waals surface area contributed by atoms with Crippen molar-refractivity contribution >= 4 is 0 Å². The summed E-state index contributed by atoms with van der Waals surface area (Å²) in [5.74, 6) is 0.736. The average molecular weight is 274 g/mol. The summed E-state index contributed by atoms with van der Waals surface area (Å²) in [6.07, 6.45) is 3.86. The van der Waals surface area contributed by atoms with E-state index in [0.717, 1.165) is 32.2 Å². The van der Waals surface area contributed by atoms with Gasteiger partial charge in [0.25, 0.3) is 0 Å². The van der Waals surface area contributed by atoms with Gasteiger partial charge in [0.15, 0.2) is 0 Å². The number of piperidine rings is 1. The quantitative estimate of drug-likeness (QED) is 0.891. The highest BCUT2D eigenvalue weighted by atomic mass is 16.5. The van der Waals surface area contributed by atoms with E-state index in [1.807, 2.05) is 0 Å². The lowest BCUT2D eigenvalue weighted by molar-refractivity contribution is 0.169. The summed E-state index contributed by atoms with van der Waals surface area (Å²) < 4.78 is 5.45. The normalized spacial score (nSPS) is 27.8. The molecule has 20 heavy (non-hydrogen) atoms. The van der Waals surface area contributed by atoms with Gasteiger partial charge in [-0.2, -0.15) is 0 Å². The first-order valence-corrected chi connectivity index (χ1v) is 7.97. The first kappa shape index (κ1) is 14.1. The number of ether oxygens (including phenoxy) is 1. The standard InChI is InChI=1S/C17H26N2O/c1-2-5-15(6-3-1)12-19-9-4-7-17(13-19)18-11-16-8-10-20-14-16/h1-3,5-6,16-18H,4,7-14H2. The molecule has 1 aromatic carbocycles. The number of hydrogen-bond acceptors (Lipinski definition) is 3. The van der Waals surface area contributed by atoms with Crippen molar-refractivity contribution in [1.29, 1.82) is 0 Å². The predicted molar refractivity (Wildman–Crippen MR) is 81.7 cm³/mol. The molecule has 0 aromatic heterocycles. The maximum Gasteiger partial charge on any atom is 0.0507 e. The Labute approximate surface area is 122 Å². The van der Waals surface area contributed by atoms with Gasteiger partial charge in [-0.05, 0) is 37.3 Å². The largest absolute Gasteiger partial charge is 0.381 e. The Balaban J connectivity index is 1.44. The summed E-state index contributed by atoms with van der Waals surface area (Å²) in [5, 5.41) is 3.76. The van der Waals surface area contributed by atoms with Crippen LogP contribution in [0.4, 0.5) is 0 Å². The second-order valence-corrected chi connectivity index (χ2v) is 6.20. The molecule has 2 aliphatic heterocycles. The van der Waals surface area contributed by atoms with Crippen LogP contribution in [-0.2, 0) is 11.3 Å². The van der Waals surface area contributed by atoms with Gasteiger partial charge >= 0.3 is 0 Å². The summed E-state index contributed by atoms with van der Waals surface area (Å²) in [6.45, 7) is 6.54. The maximum absolute atomic E-state index is 5.45. The topological polar surface area (TPSA) is 24.5 Å². The second kappa shape index (κ2) is 7.21. The molecule has 2 aliphatic rings. The van der Waals surface area contributed by atoms with Crippen LogP contribution in [0.3, 0.4) is 0 Å². The highest BCUT2D eigenvalue weighted by Crippen LogP contribution is 2.15. The molecule has 0 saturated carbocycles. The maximum atomic E-state index is 5.45. The van der Waals surface area contributed by atoms with Crippen molar-refractivity contribution in [3.8, 4) is 0 Å². The fourth-order valence-electron chi connectivity index (χ4n) is 3.29. The monoisotopic (exact) mass is 274 g/mol. The molecule has 0 spiro atoms. The summed E-state index contributed by atoms with van der Waals surface area (Å²) in [5.41, 5.74) is 1.43. The van der Waals surface area contributed by atoms with Gasteiger partial charge in [0.2, 0.25) is 0 Å². The summed E-state index contributed by atoms with van der Waals surface area (Å²) in [6, 6.07) is 11.5. The van der Waals surface area contributed by atoms with E-state index in [1.54, 1.807) is 0 Å². The molecule has 3 nitrogen and oxygen atoms in total. The van der Waals surface area contributed by atoms with Crippen molar-refractivity contribution in [2.24, 2.45) is 5.92 Å². The highest BCUT2D eigenvalue weighted by Gasteiger charge is 2.22. The zero-order chi connectivity index (χ0) is 13.6. The molecular weight excluding hydrogens is 248 g/mol. The third kappa shape index (κ3) is 4.05. The Bertz CT molecular complexity index is 389. The van der Waals surface area contributed by atoms with Gasteiger partial charge in [0.1, 0.15) is 0 Å². The van der Waals surface area contributed by atoms with Crippen LogP contribution in [-0.4, -0.2) is 43.8 Å². The fourth-order valence-corrected chi connectivity index (χ4v) is 3.29. The van der Waals surface area contributed by atoms with Crippen molar-refractivity contribution < 1.29 is 4.74 Å².